The minimum atomic E-state index is -7.52. The van der Waals surface area contributed by atoms with E-state index >= 15 is 0 Å². The number of halogens is 13. The molecule has 0 aliphatic heterocycles. The molecule has 0 heterocycles. The highest BCUT2D eigenvalue weighted by molar-refractivity contribution is 7.86. The molecular formula is C8H5F13O5S. The molecule has 1 N–H and O–H groups in total. The first-order chi connectivity index (χ1) is 11.3. The quantitative estimate of drug-likeness (QED) is 0.440. The zero-order chi connectivity index (χ0) is 22.5. The van der Waals surface area contributed by atoms with Gasteiger partial charge in [0, 0.05) is 6.92 Å². The predicted molar refractivity (Wildman–Crippen MR) is 54.0 cm³/mol. The first-order valence-electron chi connectivity index (χ1n) is 5.59. The summed E-state index contributed by atoms with van der Waals surface area (Å²) in [6.07, 6.45) is -26.9. The highest BCUT2D eigenvalue weighted by Crippen LogP contribution is 2.53. The van der Waals surface area contributed by atoms with E-state index in [0.29, 0.717) is 0 Å². The summed E-state index contributed by atoms with van der Waals surface area (Å²) < 4.78 is 197. The molecule has 5 nitrogen and oxygen atoms in total. The van der Waals surface area contributed by atoms with Gasteiger partial charge in [0.25, 0.3) is 12.3 Å². The van der Waals surface area contributed by atoms with Gasteiger partial charge < -0.3 is 0 Å². The van der Waals surface area contributed by atoms with Crippen molar-refractivity contribution in [3.63, 3.8) is 0 Å². The van der Waals surface area contributed by atoms with Gasteiger partial charge in [-0.15, -0.1) is 0 Å². The van der Waals surface area contributed by atoms with Crippen LogP contribution in [0.5, 0.6) is 0 Å². The van der Waals surface area contributed by atoms with Gasteiger partial charge in [-0.05, 0) is 0 Å². The van der Waals surface area contributed by atoms with E-state index in [1.807, 2.05) is 0 Å². The van der Waals surface area contributed by atoms with Gasteiger partial charge in [0.15, 0.2) is 0 Å². The Balaban J connectivity index is 6.29. The van der Waals surface area contributed by atoms with E-state index in [-0.39, 0.29) is 0 Å². The Kier molecular flexibility index (Phi) is 6.49. The van der Waals surface area contributed by atoms with Crippen molar-refractivity contribution < 1.29 is 79.5 Å². The molecular weight excluding hydrogens is 455 g/mol. The van der Waals surface area contributed by atoms with Crippen molar-refractivity contribution in [2.45, 2.75) is 48.7 Å². The molecule has 0 aromatic heterocycles. The first kappa shape index (κ1) is 25.9. The summed E-state index contributed by atoms with van der Waals surface area (Å²) in [7, 11) is -7.39. The number of hydrogen-bond donors (Lipinski definition) is 1. The zero-order valence-electron chi connectivity index (χ0n) is 12.0. The van der Waals surface area contributed by atoms with Crippen LogP contribution in [0.1, 0.15) is 6.92 Å². The van der Waals surface area contributed by atoms with Crippen molar-refractivity contribution >= 4 is 10.1 Å². The molecule has 0 radical (unpaired) electrons. The minimum absolute atomic E-state index is 0.594. The van der Waals surface area contributed by atoms with E-state index in [1.165, 1.54) is 0 Å². The zero-order valence-corrected chi connectivity index (χ0v) is 12.8. The number of ether oxygens (including phenoxy) is 2. The molecule has 0 rings (SSSR count). The van der Waals surface area contributed by atoms with Crippen LogP contribution in [0.4, 0.5) is 57.1 Å². The van der Waals surface area contributed by atoms with Crippen molar-refractivity contribution in [2.24, 2.45) is 0 Å². The lowest BCUT2D eigenvalue weighted by molar-refractivity contribution is -0.523. The molecule has 0 saturated heterocycles. The van der Waals surface area contributed by atoms with E-state index in [2.05, 4.69) is 4.74 Å². The Labute approximate surface area is 139 Å². The van der Waals surface area contributed by atoms with Crippen molar-refractivity contribution in [3.8, 4) is 0 Å². The summed E-state index contributed by atoms with van der Waals surface area (Å²) in [5.41, 5.74) is 0. The third-order valence-corrected chi connectivity index (χ3v) is 3.21. The number of alkyl halides is 13. The summed E-state index contributed by atoms with van der Waals surface area (Å²) >= 11 is 0. The molecule has 164 valence electrons. The van der Waals surface area contributed by atoms with Gasteiger partial charge in [0.1, 0.15) is 0 Å². The molecule has 27 heavy (non-hydrogen) atoms. The van der Waals surface area contributed by atoms with Crippen LogP contribution in [0.3, 0.4) is 0 Å². The van der Waals surface area contributed by atoms with Gasteiger partial charge in [0.05, 0.1) is 0 Å². The second-order valence-electron chi connectivity index (χ2n) is 4.61. The van der Waals surface area contributed by atoms with Gasteiger partial charge in [-0.3, -0.25) is 14.0 Å². The summed E-state index contributed by atoms with van der Waals surface area (Å²) in [5.74, 6) is -12.6. The van der Waals surface area contributed by atoms with E-state index in [1.54, 1.807) is 4.74 Å². The van der Waals surface area contributed by atoms with Crippen LogP contribution in [0.25, 0.3) is 0 Å². The maximum atomic E-state index is 13.5. The fraction of sp³-hybridized carbons (Fsp3) is 1.00. The minimum Gasteiger partial charge on any atom is -0.281 e. The third kappa shape index (κ3) is 4.86. The first-order valence-corrected chi connectivity index (χ1v) is 7.03. The monoisotopic (exact) mass is 460 g/mol. The molecule has 0 saturated carbocycles. The standard InChI is InChI=1S/C8H5F13O5S/c1-3(10,11)2(9)25-6(16,17)4(12,5(13,14)15)26-7(18,19)8(20,21)27(22,23)24/h2H,1H3,(H,22,23,24). The average molecular weight is 460 g/mol. The van der Waals surface area contributed by atoms with Crippen molar-refractivity contribution in [1.82, 2.24) is 0 Å². The molecule has 0 spiro atoms. The van der Waals surface area contributed by atoms with Gasteiger partial charge in [-0.2, -0.15) is 52.3 Å². The largest absolute Gasteiger partial charge is 0.460 e. The Hall–Kier alpha value is -1.08. The van der Waals surface area contributed by atoms with E-state index < -0.39 is 58.8 Å². The highest BCUT2D eigenvalue weighted by atomic mass is 32.2. The Bertz CT molecular complexity index is 638. The van der Waals surface area contributed by atoms with Gasteiger partial charge >= 0.3 is 39.6 Å². The lowest BCUT2D eigenvalue weighted by Crippen LogP contribution is -2.65. The van der Waals surface area contributed by atoms with Crippen LogP contribution in [0.15, 0.2) is 0 Å². The smallest absolute Gasteiger partial charge is 0.281 e. The maximum absolute atomic E-state index is 13.5. The normalized spacial score (nSPS) is 18.9. The van der Waals surface area contributed by atoms with Crippen LogP contribution in [-0.4, -0.2) is 54.8 Å². The van der Waals surface area contributed by atoms with Crippen LogP contribution in [0, 0.1) is 0 Å². The lowest BCUT2D eigenvalue weighted by Gasteiger charge is -2.37. The van der Waals surface area contributed by atoms with Gasteiger partial charge in [-0.25, -0.2) is 13.2 Å². The molecule has 19 heteroatoms. The van der Waals surface area contributed by atoms with E-state index in [9.17, 15) is 65.5 Å². The van der Waals surface area contributed by atoms with Crippen LogP contribution in [0.2, 0.25) is 0 Å². The Morgan fingerprint density at radius 3 is 1.44 bits per heavy atom. The third-order valence-electron chi connectivity index (χ3n) is 2.32. The SMILES string of the molecule is CC(F)(F)C(F)OC(F)(F)C(F)(OC(F)(F)C(F)(F)S(=O)(=O)O)C(F)(F)F. The Morgan fingerprint density at radius 1 is 0.815 bits per heavy atom. The van der Waals surface area contributed by atoms with Crippen molar-refractivity contribution in [2.75, 3.05) is 0 Å². The Morgan fingerprint density at radius 2 is 1.19 bits per heavy atom. The van der Waals surface area contributed by atoms with E-state index in [0.717, 1.165) is 0 Å². The topological polar surface area (TPSA) is 72.8 Å². The predicted octanol–water partition coefficient (Wildman–Crippen LogP) is 3.86. The highest BCUT2D eigenvalue weighted by Gasteiger charge is 2.82. The second-order valence-corrected chi connectivity index (χ2v) is 6.07. The summed E-state index contributed by atoms with van der Waals surface area (Å²) in [6.45, 7) is -0.594. The van der Waals surface area contributed by atoms with Gasteiger partial charge in [-0.1, -0.05) is 0 Å². The molecule has 0 bridgehead atoms. The molecule has 0 aliphatic rings. The van der Waals surface area contributed by atoms with Crippen LogP contribution in [-0.2, 0) is 19.6 Å². The van der Waals surface area contributed by atoms with E-state index in [4.69, 9.17) is 4.55 Å². The fourth-order valence-corrected chi connectivity index (χ4v) is 1.32. The fourth-order valence-electron chi connectivity index (χ4n) is 0.978. The number of hydrogen-bond acceptors (Lipinski definition) is 4. The second kappa shape index (κ2) is 6.76. The summed E-state index contributed by atoms with van der Waals surface area (Å²) in [4.78, 5) is 0. The van der Waals surface area contributed by atoms with Crippen molar-refractivity contribution in [3.05, 3.63) is 0 Å². The molecule has 0 aliphatic carbocycles. The molecule has 2 atom stereocenters. The average Bonchev–Trinajstić information content (AvgIpc) is 2.33. The van der Waals surface area contributed by atoms with Crippen LogP contribution >= 0.6 is 0 Å². The molecule has 0 aromatic rings. The van der Waals surface area contributed by atoms with Crippen molar-refractivity contribution in [1.29, 1.82) is 0 Å². The maximum Gasteiger partial charge on any atom is 0.460 e. The lowest BCUT2D eigenvalue weighted by atomic mass is 10.2. The molecule has 0 aromatic carbocycles. The van der Waals surface area contributed by atoms with Crippen LogP contribution < -0.4 is 0 Å². The molecule has 0 fully saturated rings. The molecule has 0 amide bonds. The molecule has 2 unspecified atom stereocenters. The summed E-state index contributed by atoms with van der Waals surface area (Å²) in [5, 5.41) is -7.15. The van der Waals surface area contributed by atoms with Gasteiger partial charge in [0.2, 0.25) is 0 Å². The summed E-state index contributed by atoms with van der Waals surface area (Å²) in [6, 6.07) is 0. The number of rotatable bonds is 8.